The first-order valence-corrected chi connectivity index (χ1v) is 8.19. The third-order valence-electron chi connectivity index (χ3n) is 3.35. The van der Waals surface area contributed by atoms with Gasteiger partial charge < -0.3 is 0 Å². The lowest BCUT2D eigenvalue weighted by atomic mass is 9.71. The Balaban J connectivity index is 2.93. The number of rotatable bonds is 2. The second-order valence-corrected chi connectivity index (χ2v) is 7.29. The summed E-state index contributed by atoms with van der Waals surface area (Å²) >= 11 is 3.43. The highest BCUT2D eigenvalue weighted by molar-refractivity contribution is 8.21. The fourth-order valence-electron chi connectivity index (χ4n) is 2.18. The van der Waals surface area contributed by atoms with Crippen molar-refractivity contribution in [3.63, 3.8) is 0 Å². The standard InChI is InChI=1S/C13H22OS2/c1-13(2,3)9-6-7-11(14)10(8-9)12(15-4)16-5/h9H,6-8H2,1-5H3. The maximum Gasteiger partial charge on any atom is 0.160 e. The molecule has 1 saturated carbocycles. The lowest BCUT2D eigenvalue weighted by molar-refractivity contribution is -0.117. The molecule has 0 saturated heterocycles. The van der Waals surface area contributed by atoms with Gasteiger partial charge in [-0.2, -0.15) is 0 Å². The van der Waals surface area contributed by atoms with E-state index in [0.29, 0.717) is 17.1 Å². The molecule has 1 unspecified atom stereocenters. The number of Topliss-reactive ketones (excluding diaryl/α,β-unsaturated/α-hetero) is 1. The van der Waals surface area contributed by atoms with Crippen molar-refractivity contribution in [2.75, 3.05) is 12.5 Å². The first kappa shape index (κ1) is 14.2. The Bertz CT molecular complexity index is 294. The zero-order valence-corrected chi connectivity index (χ0v) is 12.6. The van der Waals surface area contributed by atoms with Crippen LogP contribution in [0.1, 0.15) is 40.0 Å². The molecule has 1 aliphatic carbocycles. The molecule has 1 nitrogen and oxygen atoms in total. The average Bonchev–Trinajstić information content (AvgIpc) is 2.20. The summed E-state index contributed by atoms with van der Waals surface area (Å²) in [6, 6.07) is 0. The number of carbonyl (C=O) groups is 1. The summed E-state index contributed by atoms with van der Waals surface area (Å²) < 4.78 is 1.22. The van der Waals surface area contributed by atoms with E-state index in [1.807, 2.05) is 0 Å². The van der Waals surface area contributed by atoms with Crippen molar-refractivity contribution in [1.82, 2.24) is 0 Å². The van der Waals surface area contributed by atoms with Gasteiger partial charge in [0.05, 0.1) is 0 Å². The van der Waals surface area contributed by atoms with Crippen molar-refractivity contribution in [3.8, 4) is 0 Å². The monoisotopic (exact) mass is 258 g/mol. The Labute approximate surface area is 108 Å². The predicted molar refractivity (Wildman–Crippen MR) is 75.9 cm³/mol. The molecule has 0 aromatic rings. The van der Waals surface area contributed by atoms with Crippen molar-refractivity contribution >= 4 is 29.3 Å². The quantitative estimate of drug-likeness (QED) is 0.686. The first-order valence-electron chi connectivity index (χ1n) is 5.74. The molecule has 0 aliphatic heterocycles. The molecule has 3 heteroatoms. The van der Waals surface area contributed by atoms with Gasteiger partial charge in [0.1, 0.15) is 0 Å². The second-order valence-electron chi connectivity index (χ2n) is 5.40. The number of hydrogen-bond donors (Lipinski definition) is 0. The fraction of sp³-hybridized carbons (Fsp3) is 0.769. The van der Waals surface area contributed by atoms with Gasteiger partial charge in [-0.3, -0.25) is 4.79 Å². The molecule has 0 aromatic heterocycles. The maximum absolute atomic E-state index is 11.9. The van der Waals surface area contributed by atoms with Crippen LogP contribution in [0, 0.1) is 11.3 Å². The van der Waals surface area contributed by atoms with Crippen molar-refractivity contribution in [2.45, 2.75) is 40.0 Å². The van der Waals surface area contributed by atoms with Gasteiger partial charge in [0.2, 0.25) is 0 Å². The molecular weight excluding hydrogens is 236 g/mol. The van der Waals surface area contributed by atoms with Gasteiger partial charge in [0.25, 0.3) is 0 Å². The zero-order chi connectivity index (χ0) is 12.3. The molecule has 0 N–H and O–H groups in total. The van der Waals surface area contributed by atoms with E-state index >= 15 is 0 Å². The summed E-state index contributed by atoms with van der Waals surface area (Å²) in [4.78, 5) is 11.9. The Kier molecular flexibility index (Phi) is 4.99. The molecular formula is C13H22OS2. The lowest BCUT2D eigenvalue weighted by Crippen LogP contribution is -2.27. The minimum Gasteiger partial charge on any atom is -0.294 e. The maximum atomic E-state index is 11.9. The van der Waals surface area contributed by atoms with Crippen molar-refractivity contribution in [3.05, 3.63) is 9.81 Å². The van der Waals surface area contributed by atoms with Gasteiger partial charge in [-0.05, 0) is 36.7 Å². The summed E-state index contributed by atoms with van der Waals surface area (Å²) in [5, 5.41) is 0. The van der Waals surface area contributed by atoms with E-state index in [9.17, 15) is 4.79 Å². The predicted octanol–water partition coefficient (Wildman–Crippen LogP) is 4.34. The van der Waals surface area contributed by atoms with Gasteiger partial charge in [-0.15, -0.1) is 23.5 Å². The molecule has 0 radical (unpaired) electrons. The zero-order valence-electron chi connectivity index (χ0n) is 10.9. The lowest BCUT2D eigenvalue weighted by Gasteiger charge is -2.35. The molecule has 1 atom stereocenters. The summed E-state index contributed by atoms with van der Waals surface area (Å²) in [6.07, 6.45) is 6.89. The largest absolute Gasteiger partial charge is 0.294 e. The van der Waals surface area contributed by atoms with Crippen LogP contribution in [0.2, 0.25) is 0 Å². The van der Waals surface area contributed by atoms with E-state index in [1.54, 1.807) is 23.5 Å². The molecule has 0 heterocycles. The van der Waals surface area contributed by atoms with E-state index in [-0.39, 0.29) is 0 Å². The summed E-state index contributed by atoms with van der Waals surface area (Å²) in [7, 11) is 0. The minimum atomic E-state index is 0.313. The van der Waals surface area contributed by atoms with Crippen LogP contribution in [0.3, 0.4) is 0 Å². The van der Waals surface area contributed by atoms with Gasteiger partial charge in [-0.1, -0.05) is 20.8 Å². The SMILES string of the molecule is CSC(SC)=C1CC(C(C)(C)C)CCC1=O. The Morgan fingerprint density at radius 1 is 1.25 bits per heavy atom. The van der Waals surface area contributed by atoms with Gasteiger partial charge in [0.15, 0.2) is 5.78 Å². The molecule has 16 heavy (non-hydrogen) atoms. The Morgan fingerprint density at radius 3 is 2.25 bits per heavy atom. The molecule has 0 spiro atoms. The van der Waals surface area contributed by atoms with E-state index in [2.05, 4.69) is 33.3 Å². The molecule has 0 bridgehead atoms. The fourth-order valence-corrected chi connectivity index (χ4v) is 3.74. The highest BCUT2D eigenvalue weighted by atomic mass is 32.2. The van der Waals surface area contributed by atoms with Crippen molar-refractivity contribution in [1.29, 1.82) is 0 Å². The van der Waals surface area contributed by atoms with Crippen molar-refractivity contribution in [2.24, 2.45) is 11.3 Å². The smallest absolute Gasteiger partial charge is 0.160 e. The van der Waals surface area contributed by atoms with Crippen LogP contribution >= 0.6 is 23.5 Å². The molecule has 0 aromatic carbocycles. The number of hydrogen-bond acceptors (Lipinski definition) is 3. The van der Waals surface area contributed by atoms with Crippen molar-refractivity contribution < 1.29 is 4.79 Å². The van der Waals surface area contributed by atoms with Crippen LogP contribution in [-0.2, 0) is 4.79 Å². The molecule has 92 valence electrons. The topological polar surface area (TPSA) is 17.1 Å². The summed E-state index contributed by atoms with van der Waals surface area (Å²) in [6.45, 7) is 6.84. The molecule has 1 rings (SSSR count). The van der Waals surface area contributed by atoms with Crippen LogP contribution in [0.25, 0.3) is 0 Å². The Hall–Kier alpha value is 0.110. The number of carbonyl (C=O) groups excluding carboxylic acids is 1. The third-order valence-corrected chi connectivity index (χ3v) is 5.58. The molecule has 1 aliphatic rings. The highest BCUT2D eigenvalue weighted by Gasteiger charge is 2.32. The summed E-state index contributed by atoms with van der Waals surface area (Å²) in [5.74, 6) is 1.02. The van der Waals surface area contributed by atoms with Crippen LogP contribution in [0.4, 0.5) is 0 Å². The molecule has 0 amide bonds. The van der Waals surface area contributed by atoms with Gasteiger partial charge in [0, 0.05) is 16.2 Å². The number of allylic oxidation sites excluding steroid dienone is 1. The van der Waals surface area contributed by atoms with Crippen LogP contribution in [0.15, 0.2) is 9.81 Å². The van der Waals surface area contributed by atoms with Crippen LogP contribution in [-0.4, -0.2) is 18.3 Å². The minimum absolute atomic E-state index is 0.313. The first-order chi connectivity index (χ1) is 7.40. The molecule has 1 fully saturated rings. The third kappa shape index (κ3) is 3.30. The van der Waals surface area contributed by atoms with E-state index in [0.717, 1.165) is 24.8 Å². The van der Waals surface area contributed by atoms with E-state index in [4.69, 9.17) is 0 Å². The van der Waals surface area contributed by atoms with E-state index in [1.165, 1.54) is 4.24 Å². The summed E-state index contributed by atoms with van der Waals surface area (Å²) in [5.41, 5.74) is 1.40. The van der Waals surface area contributed by atoms with E-state index < -0.39 is 0 Å². The highest BCUT2D eigenvalue weighted by Crippen LogP contribution is 2.42. The van der Waals surface area contributed by atoms with Gasteiger partial charge in [-0.25, -0.2) is 0 Å². The Morgan fingerprint density at radius 2 is 1.81 bits per heavy atom. The van der Waals surface area contributed by atoms with Crippen LogP contribution in [0.5, 0.6) is 0 Å². The van der Waals surface area contributed by atoms with Gasteiger partial charge >= 0.3 is 0 Å². The average molecular weight is 258 g/mol. The van der Waals surface area contributed by atoms with Crippen LogP contribution < -0.4 is 0 Å². The number of ketones is 1. The second kappa shape index (κ2) is 5.63. The number of thioether (sulfide) groups is 2. The normalized spacial score (nSPS) is 22.4.